The van der Waals surface area contributed by atoms with Crippen LogP contribution in [0.25, 0.3) is 0 Å². The molecule has 0 aromatic carbocycles. The summed E-state index contributed by atoms with van der Waals surface area (Å²) in [5, 5.41) is 11.1. The van der Waals surface area contributed by atoms with E-state index in [4.69, 9.17) is 0 Å². The molecule has 0 aliphatic heterocycles. The summed E-state index contributed by atoms with van der Waals surface area (Å²) in [6, 6.07) is 0. The Balaban J connectivity index is 1.59. The normalized spacial score (nSPS) is 55.2. The lowest BCUT2D eigenvalue weighted by atomic mass is 9.44. The molecular formula is C22H35BrO2. The van der Waals surface area contributed by atoms with E-state index in [-0.39, 0.29) is 11.3 Å². The smallest absolute Gasteiger partial charge is 0.147 e. The molecule has 4 aliphatic carbocycles. The number of carbonyl (C=O) groups is 1. The number of halogens is 1. The molecule has 25 heavy (non-hydrogen) atoms. The van der Waals surface area contributed by atoms with Crippen molar-refractivity contribution >= 4 is 21.7 Å². The van der Waals surface area contributed by atoms with Gasteiger partial charge >= 0.3 is 0 Å². The van der Waals surface area contributed by atoms with Gasteiger partial charge in [0.15, 0.2) is 0 Å². The Morgan fingerprint density at radius 2 is 1.68 bits per heavy atom. The van der Waals surface area contributed by atoms with Gasteiger partial charge in [0.25, 0.3) is 0 Å². The van der Waals surface area contributed by atoms with Crippen molar-refractivity contribution in [2.75, 3.05) is 5.33 Å². The van der Waals surface area contributed by atoms with E-state index in [1.54, 1.807) is 0 Å². The number of rotatable bonds is 2. The molecule has 142 valence electrons. The fourth-order valence-corrected chi connectivity index (χ4v) is 8.44. The maximum absolute atomic E-state index is 12.5. The predicted octanol–water partition coefficient (Wildman–Crippen LogP) is 5.36. The van der Waals surface area contributed by atoms with Gasteiger partial charge in [0.05, 0.1) is 10.9 Å². The third-order valence-corrected chi connectivity index (χ3v) is 10.0. The highest BCUT2D eigenvalue weighted by molar-refractivity contribution is 9.09. The summed E-state index contributed by atoms with van der Waals surface area (Å²) in [6.45, 7) is 7.03. The summed E-state index contributed by atoms with van der Waals surface area (Å²) < 4.78 is 0. The summed E-state index contributed by atoms with van der Waals surface area (Å²) in [6.07, 6.45) is 10.7. The molecule has 0 bridgehead atoms. The number of alkyl halides is 1. The Morgan fingerprint density at radius 3 is 2.40 bits per heavy atom. The van der Waals surface area contributed by atoms with Crippen LogP contribution in [0.2, 0.25) is 0 Å². The summed E-state index contributed by atoms with van der Waals surface area (Å²) in [7, 11) is 0. The van der Waals surface area contributed by atoms with Crippen molar-refractivity contribution in [2.24, 2.45) is 40.4 Å². The van der Waals surface area contributed by atoms with Gasteiger partial charge in [-0.2, -0.15) is 0 Å². The standard InChI is InChI=1S/C22H35BrO2/c1-20(25)10-11-21(2)14(12-20)4-5-15-16-6-7-18(19(24)13-23)22(16,3)9-8-17(15)21/h14-18,25H,4-13H2,1-3H3/t14?,15?,16-,17-,18+,20+,21-,22-/m0/s1. The van der Waals surface area contributed by atoms with Gasteiger partial charge in [0, 0.05) is 5.92 Å². The maximum atomic E-state index is 12.5. The van der Waals surface area contributed by atoms with Crippen LogP contribution in [0.5, 0.6) is 0 Å². The number of hydrogen-bond acceptors (Lipinski definition) is 2. The van der Waals surface area contributed by atoms with Crippen LogP contribution in [-0.2, 0) is 4.79 Å². The first-order chi connectivity index (χ1) is 11.7. The molecular weight excluding hydrogens is 376 g/mol. The number of fused-ring (bicyclic) bond motifs is 5. The largest absolute Gasteiger partial charge is 0.390 e. The molecule has 0 heterocycles. The van der Waals surface area contributed by atoms with E-state index in [0.29, 0.717) is 22.4 Å². The van der Waals surface area contributed by atoms with Crippen LogP contribution in [0.15, 0.2) is 0 Å². The van der Waals surface area contributed by atoms with Crippen molar-refractivity contribution in [2.45, 2.75) is 84.2 Å². The van der Waals surface area contributed by atoms with Crippen molar-refractivity contribution in [3.63, 3.8) is 0 Å². The highest BCUT2D eigenvalue weighted by atomic mass is 79.9. The maximum Gasteiger partial charge on any atom is 0.147 e. The van der Waals surface area contributed by atoms with Gasteiger partial charge in [0.2, 0.25) is 0 Å². The van der Waals surface area contributed by atoms with Gasteiger partial charge in [-0.25, -0.2) is 0 Å². The molecule has 0 spiro atoms. The molecule has 4 aliphatic rings. The van der Waals surface area contributed by atoms with Gasteiger partial charge in [-0.15, -0.1) is 0 Å². The first kappa shape index (κ1) is 18.5. The molecule has 4 fully saturated rings. The lowest BCUT2D eigenvalue weighted by Gasteiger charge is -2.61. The quantitative estimate of drug-likeness (QED) is 0.621. The summed E-state index contributed by atoms with van der Waals surface area (Å²) in [5.74, 6) is 3.81. The van der Waals surface area contributed by atoms with Crippen molar-refractivity contribution in [1.29, 1.82) is 0 Å². The third-order valence-electron chi connectivity index (χ3n) is 9.47. The van der Waals surface area contributed by atoms with Crippen LogP contribution < -0.4 is 0 Å². The van der Waals surface area contributed by atoms with E-state index in [0.717, 1.165) is 37.0 Å². The van der Waals surface area contributed by atoms with Gasteiger partial charge in [-0.3, -0.25) is 4.79 Å². The van der Waals surface area contributed by atoms with E-state index in [2.05, 4.69) is 29.8 Å². The minimum absolute atomic E-state index is 0.245. The fourth-order valence-electron chi connectivity index (χ4n) is 8.05. The monoisotopic (exact) mass is 410 g/mol. The zero-order valence-corrected chi connectivity index (χ0v) is 17.8. The molecule has 4 rings (SSSR count). The highest BCUT2D eigenvalue weighted by Gasteiger charge is 2.61. The fraction of sp³-hybridized carbons (Fsp3) is 0.955. The van der Waals surface area contributed by atoms with Crippen LogP contribution in [0.4, 0.5) is 0 Å². The lowest BCUT2D eigenvalue weighted by Crippen LogP contribution is -2.55. The minimum Gasteiger partial charge on any atom is -0.390 e. The van der Waals surface area contributed by atoms with E-state index < -0.39 is 5.60 Å². The SMILES string of the molecule is C[C@@]1(O)CC[C@@]2(C)C(CCC3[C@@H]4CC[C@H](C(=O)CBr)[C@@]4(C)CC[C@@H]32)C1. The van der Waals surface area contributed by atoms with Gasteiger partial charge in [-0.05, 0) is 99.2 Å². The molecule has 1 N–H and O–H groups in total. The first-order valence-corrected chi connectivity index (χ1v) is 11.6. The van der Waals surface area contributed by atoms with E-state index in [1.165, 1.54) is 38.5 Å². The van der Waals surface area contributed by atoms with E-state index in [9.17, 15) is 9.90 Å². The second kappa shape index (κ2) is 6.06. The zero-order chi connectivity index (χ0) is 18.0. The summed E-state index contributed by atoms with van der Waals surface area (Å²) in [4.78, 5) is 12.5. The van der Waals surface area contributed by atoms with Gasteiger partial charge in [0.1, 0.15) is 5.78 Å². The number of aliphatic hydroxyl groups is 1. The highest BCUT2D eigenvalue weighted by Crippen LogP contribution is 2.68. The van der Waals surface area contributed by atoms with Gasteiger partial charge < -0.3 is 5.11 Å². The first-order valence-electron chi connectivity index (χ1n) is 10.5. The number of carbonyl (C=O) groups excluding carboxylic acids is 1. The molecule has 0 amide bonds. The molecule has 3 heteroatoms. The van der Waals surface area contributed by atoms with Crippen LogP contribution in [0, 0.1) is 40.4 Å². The Labute approximate surface area is 161 Å². The van der Waals surface area contributed by atoms with Crippen molar-refractivity contribution in [1.82, 2.24) is 0 Å². The van der Waals surface area contributed by atoms with Crippen molar-refractivity contribution in [3.8, 4) is 0 Å². The number of hydrogen-bond donors (Lipinski definition) is 1. The molecule has 2 unspecified atom stereocenters. The average Bonchev–Trinajstić information content (AvgIpc) is 2.92. The van der Waals surface area contributed by atoms with Crippen molar-refractivity contribution < 1.29 is 9.90 Å². The average molecular weight is 411 g/mol. The molecule has 0 aromatic heterocycles. The zero-order valence-electron chi connectivity index (χ0n) is 16.2. The van der Waals surface area contributed by atoms with Gasteiger partial charge in [-0.1, -0.05) is 29.8 Å². The van der Waals surface area contributed by atoms with Crippen LogP contribution >= 0.6 is 15.9 Å². The Morgan fingerprint density at radius 1 is 0.960 bits per heavy atom. The Bertz CT molecular complexity index is 558. The second-order valence-electron chi connectivity index (χ2n) is 10.6. The Kier molecular flexibility index (Phi) is 4.47. The minimum atomic E-state index is -0.444. The second-order valence-corrected chi connectivity index (χ2v) is 11.2. The third kappa shape index (κ3) is 2.70. The summed E-state index contributed by atoms with van der Waals surface area (Å²) >= 11 is 3.43. The molecule has 0 saturated heterocycles. The molecule has 8 atom stereocenters. The molecule has 4 saturated carbocycles. The molecule has 0 aromatic rings. The van der Waals surface area contributed by atoms with E-state index in [1.807, 2.05) is 6.92 Å². The molecule has 2 nitrogen and oxygen atoms in total. The topological polar surface area (TPSA) is 37.3 Å². The van der Waals surface area contributed by atoms with Crippen LogP contribution in [-0.4, -0.2) is 21.8 Å². The summed E-state index contributed by atoms with van der Waals surface area (Å²) in [5.41, 5.74) is 0.223. The molecule has 0 radical (unpaired) electrons. The van der Waals surface area contributed by atoms with Crippen LogP contribution in [0.3, 0.4) is 0 Å². The number of Topliss-reactive ketones (excluding diaryl/α,β-unsaturated/α-hetero) is 1. The van der Waals surface area contributed by atoms with E-state index >= 15 is 0 Å². The predicted molar refractivity (Wildman–Crippen MR) is 105 cm³/mol. The Hall–Kier alpha value is 0.110. The lowest BCUT2D eigenvalue weighted by molar-refractivity contribution is -0.150. The van der Waals surface area contributed by atoms with Crippen LogP contribution in [0.1, 0.15) is 78.6 Å². The van der Waals surface area contributed by atoms with Crippen molar-refractivity contribution in [3.05, 3.63) is 0 Å². The number of ketones is 1.